The van der Waals surface area contributed by atoms with Gasteiger partial charge in [0, 0.05) is 12.5 Å². The van der Waals surface area contributed by atoms with Crippen molar-refractivity contribution in [2.75, 3.05) is 19.7 Å². The molecule has 0 radical (unpaired) electrons. The van der Waals surface area contributed by atoms with Crippen molar-refractivity contribution in [1.29, 1.82) is 5.26 Å². The predicted molar refractivity (Wildman–Crippen MR) is 86.8 cm³/mol. The van der Waals surface area contributed by atoms with Crippen molar-refractivity contribution in [3.63, 3.8) is 0 Å². The van der Waals surface area contributed by atoms with Crippen molar-refractivity contribution in [2.45, 2.75) is 12.3 Å². The van der Waals surface area contributed by atoms with E-state index in [1.54, 1.807) is 12.1 Å². The minimum atomic E-state index is 0.446. The second-order valence-corrected chi connectivity index (χ2v) is 5.72. The Bertz CT molecular complexity index is 648. The number of hydrogen-bond acceptors (Lipinski definition) is 3. The summed E-state index contributed by atoms with van der Waals surface area (Å²) < 4.78 is 5.95. The first-order valence-electron chi connectivity index (χ1n) is 7.75. The van der Waals surface area contributed by atoms with Gasteiger partial charge in [-0.25, -0.2) is 0 Å². The van der Waals surface area contributed by atoms with Gasteiger partial charge in [-0.3, -0.25) is 0 Å². The van der Waals surface area contributed by atoms with Crippen molar-refractivity contribution in [3.05, 3.63) is 65.7 Å². The summed E-state index contributed by atoms with van der Waals surface area (Å²) in [4.78, 5) is 0. The molecule has 1 saturated heterocycles. The molecule has 0 aromatic heterocycles. The number of nitriles is 1. The molecule has 0 aliphatic carbocycles. The number of nitrogens with one attached hydrogen (secondary N) is 1. The molecule has 1 N–H and O–H groups in total. The molecule has 2 atom stereocenters. The lowest BCUT2D eigenvalue weighted by atomic mass is 9.81. The molecule has 22 heavy (non-hydrogen) atoms. The van der Waals surface area contributed by atoms with Crippen LogP contribution in [0.4, 0.5) is 0 Å². The van der Waals surface area contributed by atoms with Crippen LogP contribution >= 0.6 is 0 Å². The van der Waals surface area contributed by atoms with Crippen LogP contribution in [0.15, 0.2) is 54.6 Å². The molecular weight excluding hydrogens is 272 g/mol. The minimum Gasteiger partial charge on any atom is -0.493 e. The van der Waals surface area contributed by atoms with Crippen LogP contribution in [0.25, 0.3) is 0 Å². The van der Waals surface area contributed by atoms with E-state index in [2.05, 4.69) is 41.7 Å². The molecule has 3 nitrogen and oxygen atoms in total. The summed E-state index contributed by atoms with van der Waals surface area (Å²) in [6.07, 6.45) is 1.14. The zero-order chi connectivity index (χ0) is 15.2. The maximum Gasteiger partial charge on any atom is 0.120 e. The number of ether oxygens (including phenoxy) is 1. The molecule has 0 spiro atoms. The maximum absolute atomic E-state index is 8.95. The lowest BCUT2D eigenvalue weighted by molar-refractivity contribution is 0.197. The molecular formula is C19H20N2O. The van der Waals surface area contributed by atoms with Gasteiger partial charge in [-0.15, -0.1) is 0 Å². The highest BCUT2D eigenvalue weighted by atomic mass is 16.5. The summed E-state index contributed by atoms with van der Waals surface area (Å²) in [5.74, 6) is 1.75. The van der Waals surface area contributed by atoms with E-state index in [9.17, 15) is 0 Å². The third-order valence-electron chi connectivity index (χ3n) is 4.26. The van der Waals surface area contributed by atoms with Crippen LogP contribution in [0.2, 0.25) is 0 Å². The third-order valence-corrected chi connectivity index (χ3v) is 4.26. The second kappa shape index (κ2) is 7.11. The van der Waals surface area contributed by atoms with E-state index in [0.717, 1.165) is 25.3 Å². The molecule has 2 aromatic carbocycles. The van der Waals surface area contributed by atoms with Crippen LogP contribution in [-0.4, -0.2) is 19.7 Å². The normalized spacial score (nSPS) is 21.0. The summed E-state index contributed by atoms with van der Waals surface area (Å²) in [6.45, 7) is 2.69. The molecule has 0 amide bonds. The van der Waals surface area contributed by atoms with Crippen molar-refractivity contribution in [2.24, 2.45) is 5.92 Å². The van der Waals surface area contributed by atoms with Crippen molar-refractivity contribution in [1.82, 2.24) is 5.32 Å². The summed E-state index contributed by atoms with van der Waals surface area (Å²) >= 11 is 0. The molecule has 1 aliphatic rings. The van der Waals surface area contributed by atoms with Crippen molar-refractivity contribution >= 4 is 0 Å². The summed E-state index contributed by atoms with van der Waals surface area (Å²) in [5.41, 5.74) is 2.03. The molecule has 112 valence electrons. The maximum atomic E-state index is 8.95. The van der Waals surface area contributed by atoms with E-state index < -0.39 is 0 Å². The first kappa shape index (κ1) is 14.6. The lowest BCUT2D eigenvalue weighted by Crippen LogP contribution is -2.38. The highest BCUT2D eigenvalue weighted by Gasteiger charge is 2.26. The van der Waals surface area contributed by atoms with Crippen LogP contribution in [0.5, 0.6) is 5.75 Å². The SMILES string of the molecule is N#Cc1cccc(OC[C@@H]2CNCC[C@H]2c2ccccc2)c1. The number of hydrogen-bond donors (Lipinski definition) is 1. The smallest absolute Gasteiger partial charge is 0.120 e. The van der Waals surface area contributed by atoms with Gasteiger partial charge in [0.05, 0.1) is 18.2 Å². The standard InChI is InChI=1S/C19H20N2O/c20-12-15-5-4-8-18(11-15)22-14-17-13-21-10-9-19(17)16-6-2-1-3-7-16/h1-8,11,17,19,21H,9-10,13-14H2/t17-,19-/m0/s1. The fourth-order valence-electron chi connectivity index (χ4n) is 3.10. The molecule has 2 aromatic rings. The van der Waals surface area contributed by atoms with Gasteiger partial charge >= 0.3 is 0 Å². The van der Waals surface area contributed by atoms with Crippen molar-refractivity contribution < 1.29 is 4.74 Å². The molecule has 0 saturated carbocycles. The van der Waals surface area contributed by atoms with E-state index in [1.807, 2.05) is 12.1 Å². The van der Waals surface area contributed by atoms with Gasteiger partial charge < -0.3 is 10.1 Å². The molecule has 1 heterocycles. The quantitative estimate of drug-likeness (QED) is 0.940. The number of rotatable bonds is 4. The first-order valence-corrected chi connectivity index (χ1v) is 7.75. The van der Waals surface area contributed by atoms with E-state index in [4.69, 9.17) is 10.00 Å². The fourth-order valence-corrected chi connectivity index (χ4v) is 3.10. The fraction of sp³-hybridized carbons (Fsp3) is 0.316. The lowest BCUT2D eigenvalue weighted by Gasteiger charge is -2.32. The molecule has 3 rings (SSSR count). The van der Waals surface area contributed by atoms with Crippen molar-refractivity contribution in [3.8, 4) is 11.8 Å². The Balaban J connectivity index is 1.68. The van der Waals surface area contributed by atoms with Gasteiger partial charge in [-0.2, -0.15) is 5.26 Å². The average molecular weight is 292 g/mol. The Morgan fingerprint density at radius 1 is 1.14 bits per heavy atom. The molecule has 0 unspecified atom stereocenters. The monoisotopic (exact) mass is 292 g/mol. The van der Waals surface area contributed by atoms with Crippen LogP contribution < -0.4 is 10.1 Å². The Morgan fingerprint density at radius 2 is 2.00 bits per heavy atom. The van der Waals surface area contributed by atoms with Gasteiger partial charge in [-0.05, 0) is 42.6 Å². The van der Waals surface area contributed by atoms with Crippen LogP contribution in [-0.2, 0) is 0 Å². The van der Waals surface area contributed by atoms with E-state index in [1.165, 1.54) is 5.56 Å². The Morgan fingerprint density at radius 3 is 2.82 bits per heavy atom. The van der Waals surface area contributed by atoms with Gasteiger partial charge in [0.2, 0.25) is 0 Å². The molecule has 1 aliphatic heterocycles. The molecule has 0 bridgehead atoms. The highest BCUT2D eigenvalue weighted by molar-refractivity contribution is 5.36. The Kier molecular flexibility index (Phi) is 4.72. The van der Waals surface area contributed by atoms with Crippen LogP contribution in [0.3, 0.4) is 0 Å². The van der Waals surface area contributed by atoms with E-state index >= 15 is 0 Å². The number of benzene rings is 2. The van der Waals surface area contributed by atoms with Gasteiger partial charge in [0.15, 0.2) is 0 Å². The second-order valence-electron chi connectivity index (χ2n) is 5.72. The summed E-state index contributed by atoms with van der Waals surface area (Å²) in [6, 6.07) is 20.2. The van der Waals surface area contributed by atoms with Gasteiger partial charge in [0.1, 0.15) is 5.75 Å². The molecule has 3 heteroatoms. The summed E-state index contributed by atoms with van der Waals surface area (Å²) in [7, 11) is 0. The topological polar surface area (TPSA) is 45.0 Å². The number of nitrogens with zero attached hydrogens (tertiary/aromatic N) is 1. The molecule has 1 fully saturated rings. The minimum absolute atomic E-state index is 0.446. The van der Waals surface area contributed by atoms with Crippen LogP contribution in [0.1, 0.15) is 23.5 Å². The van der Waals surface area contributed by atoms with Gasteiger partial charge in [0.25, 0.3) is 0 Å². The summed E-state index contributed by atoms with van der Waals surface area (Å²) in [5, 5.41) is 12.4. The van der Waals surface area contributed by atoms with E-state index in [-0.39, 0.29) is 0 Å². The average Bonchev–Trinajstić information content (AvgIpc) is 2.61. The Labute approximate surface area is 131 Å². The third kappa shape index (κ3) is 3.47. The Hall–Kier alpha value is -2.31. The number of piperidine rings is 1. The van der Waals surface area contributed by atoms with Crippen LogP contribution in [0, 0.1) is 17.2 Å². The van der Waals surface area contributed by atoms with E-state index in [0.29, 0.717) is 24.0 Å². The zero-order valence-electron chi connectivity index (χ0n) is 12.5. The highest BCUT2D eigenvalue weighted by Crippen LogP contribution is 2.30. The predicted octanol–water partition coefficient (Wildman–Crippen LogP) is 3.33. The van der Waals surface area contributed by atoms with Gasteiger partial charge in [-0.1, -0.05) is 36.4 Å². The first-order chi connectivity index (χ1) is 10.9. The largest absolute Gasteiger partial charge is 0.493 e. The zero-order valence-corrected chi connectivity index (χ0v) is 12.5.